The Morgan fingerprint density at radius 3 is 2.24 bits per heavy atom. The maximum absolute atomic E-state index is 11.7. The van der Waals surface area contributed by atoms with Crippen molar-refractivity contribution in [3.63, 3.8) is 0 Å². The molecule has 0 saturated heterocycles. The first-order valence-electron chi connectivity index (χ1n) is 5.58. The zero-order valence-corrected chi connectivity index (χ0v) is 11.7. The zero-order valence-electron chi connectivity index (χ0n) is 10.8. The summed E-state index contributed by atoms with van der Waals surface area (Å²) in [5.41, 5.74) is 1.34. The molecular weight excluding hydrogens is 243 g/mol. The van der Waals surface area contributed by atoms with Gasteiger partial charge in [-0.25, -0.2) is 4.79 Å². The summed E-state index contributed by atoms with van der Waals surface area (Å²) in [5, 5.41) is 0. The van der Waals surface area contributed by atoms with E-state index >= 15 is 0 Å². The molecule has 0 aliphatic rings. The van der Waals surface area contributed by atoms with Crippen LogP contribution in [0.3, 0.4) is 0 Å². The number of rotatable bonds is 6. The first-order chi connectivity index (χ1) is 7.69. The largest absolute Gasteiger partial charge is 0.463 e. The van der Waals surface area contributed by atoms with Crippen LogP contribution in [0, 0.1) is 5.92 Å². The number of hydrogen-bond donors (Lipinski definition) is 2. The molecule has 6 heteroatoms. The third kappa shape index (κ3) is 6.61. The van der Waals surface area contributed by atoms with Crippen molar-refractivity contribution in [2.45, 2.75) is 34.1 Å². The van der Waals surface area contributed by atoms with E-state index in [2.05, 4.69) is 0 Å². The molecule has 2 N–H and O–H groups in total. The number of carbonyl (C=O) groups is 1. The molecule has 5 nitrogen and oxygen atoms in total. The Bertz CT molecular complexity index is 338. The minimum Gasteiger partial charge on any atom is -0.463 e. The van der Waals surface area contributed by atoms with Crippen LogP contribution in [0.4, 0.5) is 0 Å². The fraction of sp³-hybridized carbons (Fsp3) is 0.727. The Kier molecular flexibility index (Phi) is 6.68. The van der Waals surface area contributed by atoms with Crippen LogP contribution in [0.2, 0.25) is 0 Å². The number of esters is 1. The van der Waals surface area contributed by atoms with E-state index in [1.807, 2.05) is 0 Å². The van der Waals surface area contributed by atoms with Crippen LogP contribution in [-0.4, -0.2) is 28.5 Å². The lowest BCUT2D eigenvalue weighted by Crippen LogP contribution is -2.16. The van der Waals surface area contributed by atoms with Gasteiger partial charge in [0.2, 0.25) is 0 Å². The summed E-state index contributed by atoms with van der Waals surface area (Å²) < 4.78 is 15.7. The quantitative estimate of drug-likeness (QED) is 0.436. The van der Waals surface area contributed by atoms with Crippen molar-refractivity contribution in [1.82, 2.24) is 0 Å². The average molecular weight is 264 g/mol. The number of ether oxygens (including phenoxy) is 1. The van der Waals surface area contributed by atoms with Gasteiger partial charge in [-0.2, -0.15) is 0 Å². The Morgan fingerprint density at radius 2 is 1.88 bits per heavy atom. The van der Waals surface area contributed by atoms with E-state index in [1.165, 1.54) is 0 Å². The first kappa shape index (κ1) is 16.4. The fourth-order valence-corrected chi connectivity index (χ4v) is 2.34. The SMILES string of the molecule is CCOC(=O)C(=C(C)C)C(C)CCP(=O)(O)O. The van der Waals surface area contributed by atoms with Crippen molar-refractivity contribution in [3.05, 3.63) is 11.1 Å². The molecule has 0 spiro atoms. The molecule has 0 radical (unpaired) electrons. The van der Waals surface area contributed by atoms with Gasteiger partial charge in [-0.05, 0) is 33.1 Å². The summed E-state index contributed by atoms with van der Waals surface area (Å²) in [6.07, 6.45) is 0.0496. The van der Waals surface area contributed by atoms with Gasteiger partial charge in [0, 0.05) is 5.57 Å². The molecule has 0 aliphatic heterocycles. The van der Waals surface area contributed by atoms with Crippen molar-refractivity contribution in [2.75, 3.05) is 12.8 Å². The lowest BCUT2D eigenvalue weighted by molar-refractivity contribution is -0.139. The van der Waals surface area contributed by atoms with Gasteiger partial charge in [0.25, 0.3) is 0 Å². The zero-order chi connectivity index (χ0) is 13.6. The van der Waals surface area contributed by atoms with Gasteiger partial charge in [0.1, 0.15) is 0 Å². The summed E-state index contributed by atoms with van der Waals surface area (Å²) in [6.45, 7) is 7.37. The van der Waals surface area contributed by atoms with Crippen LogP contribution in [0.15, 0.2) is 11.1 Å². The highest BCUT2D eigenvalue weighted by Gasteiger charge is 2.22. The molecule has 0 aromatic rings. The smallest absolute Gasteiger partial charge is 0.334 e. The molecule has 0 aromatic heterocycles. The standard InChI is InChI=1S/C11H21O5P/c1-5-16-11(12)10(8(2)3)9(4)6-7-17(13,14)15/h9H,5-7H2,1-4H3,(H2,13,14,15). The summed E-state index contributed by atoms with van der Waals surface area (Å²) >= 11 is 0. The van der Waals surface area contributed by atoms with Crippen LogP contribution >= 0.6 is 7.60 Å². The highest BCUT2D eigenvalue weighted by molar-refractivity contribution is 7.51. The topological polar surface area (TPSA) is 83.8 Å². The van der Waals surface area contributed by atoms with Crippen molar-refractivity contribution >= 4 is 13.6 Å². The van der Waals surface area contributed by atoms with Gasteiger partial charge >= 0.3 is 13.6 Å². The maximum atomic E-state index is 11.7. The molecule has 0 aliphatic carbocycles. The molecule has 1 atom stereocenters. The van der Waals surface area contributed by atoms with Gasteiger partial charge in [-0.3, -0.25) is 4.57 Å². The molecule has 100 valence electrons. The molecule has 1 unspecified atom stereocenters. The number of allylic oxidation sites excluding steroid dienone is 1. The third-order valence-electron chi connectivity index (χ3n) is 2.38. The molecule has 17 heavy (non-hydrogen) atoms. The molecule has 0 rings (SSSR count). The van der Waals surface area contributed by atoms with E-state index in [-0.39, 0.29) is 18.5 Å². The minimum absolute atomic E-state index is 0.216. The highest BCUT2D eigenvalue weighted by Crippen LogP contribution is 2.37. The van der Waals surface area contributed by atoms with Crippen LogP contribution in [0.1, 0.15) is 34.1 Å². The Balaban J connectivity index is 4.70. The van der Waals surface area contributed by atoms with Crippen molar-refractivity contribution in [3.8, 4) is 0 Å². The Hall–Kier alpha value is -0.640. The monoisotopic (exact) mass is 264 g/mol. The van der Waals surface area contributed by atoms with Crippen molar-refractivity contribution in [2.24, 2.45) is 5.92 Å². The van der Waals surface area contributed by atoms with Gasteiger partial charge in [-0.1, -0.05) is 12.5 Å². The second-order valence-electron chi connectivity index (χ2n) is 4.21. The summed E-state index contributed by atoms with van der Waals surface area (Å²) in [5.74, 6) is -0.614. The number of carbonyl (C=O) groups excluding carboxylic acids is 1. The molecule has 0 fully saturated rings. The van der Waals surface area contributed by atoms with Crippen LogP contribution < -0.4 is 0 Å². The predicted octanol–water partition coefficient (Wildman–Crippen LogP) is 2.09. The summed E-state index contributed by atoms with van der Waals surface area (Å²) in [7, 11) is -4.01. The van der Waals surface area contributed by atoms with Gasteiger partial charge in [0.15, 0.2) is 0 Å². The summed E-state index contributed by atoms with van der Waals surface area (Å²) in [4.78, 5) is 29.3. The molecular formula is C11H21O5P. The maximum Gasteiger partial charge on any atom is 0.334 e. The molecule has 0 heterocycles. The molecule has 0 saturated carbocycles. The first-order valence-corrected chi connectivity index (χ1v) is 7.37. The van der Waals surface area contributed by atoms with Crippen molar-refractivity contribution < 1.29 is 23.9 Å². The van der Waals surface area contributed by atoms with Crippen LogP contribution in [0.25, 0.3) is 0 Å². The molecule has 0 aromatic carbocycles. The van der Waals surface area contributed by atoms with Gasteiger partial charge in [-0.15, -0.1) is 0 Å². The van der Waals surface area contributed by atoms with E-state index in [0.717, 1.165) is 5.57 Å². The van der Waals surface area contributed by atoms with Crippen molar-refractivity contribution in [1.29, 1.82) is 0 Å². The second-order valence-corrected chi connectivity index (χ2v) is 5.99. The molecule has 0 bridgehead atoms. The minimum atomic E-state index is -4.01. The lowest BCUT2D eigenvalue weighted by atomic mass is 9.95. The highest BCUT2D eigenvalue weighted by atomic mass is 31.2. The van der Waals surface area contributed by atoms with Crippen LogP contribution in [-0.2, 0) is 14.1 Å². The lowest BCUT2D eigenvalue weighted by Gasteiger charge is -2.17. The fourth-order valence-electron chi connectivity index (χ4n) is 1.61. The second kappa shape index (κ2) is 6.94. The Morgan fingerprint density at radius 1 is 1.35 bits per heavy atom. The molecule has 0 amide bonds. The van der Waals surface area contributed by atoms with E-state index < -0.39 is 13.6 Å². The third-order valence-corrected chi connectivity index (χ3v) is 3.22. The van der Waals surface area contributed by atoms with E-state index in [9.17, 15) is 9.36 Å². The normalized spacial score (nSPS) is 13.1. The van der Waals surface area contributed by atoms with E-state index in [4.69, 9.17) is 14.5 Å². The van der Waals surface area contributed by atoms with E-state index in [1.54, 1.807) is 27.7 Å². The van der Waals surface area contributed by atoms with E-state index in [0.29, 0.717) is 12.2 Å². The van der Waals surface area contributed by atoms with Gasteiger partial charge < -0.3 is 14.5 Å². The Labute approximate surface area is 102 Å². The predicted molar refractivity (Wildman–Crippen MR) is 65.7 cm³/mol. The van der Waals surface area contributed by atoms with Crippen LogP contribution in [0.5, 0.6) is 0 Å². The number of hydrogen-bond acceptors (Lipinski definition) is 3. The van der Waals surface area contributed by atoms with Gasteiger partial charge in [0.05, 0.1) is 12.8 Å². The summed E-state index contributed by atoms with van der Waals surface area (Å²) in [6, 6.07) is 0. The average Bonchev–Trinajstić information content (AvgIpc) is 2.13.